The molecule has 0 aromatic heterocycles. The smallest absolute Gasteiger partial charge is 0.288 e. The van der Waals surface area contributed by atoms with E-state index < -0.39 is 4.92 Å². The van der Waals surface area contributed by atoms with Crippen molar-refractivity contribution in [2.24, 2.45) is 0 Å². The number of nitro benzene ring substituents is 1. The van der Waals surface area contributed by atoms with E-state index >= 15 is 0 Å². The SMILES string of the molecule is COC1(CNCc2ccc(Cl)c([N+](=O)[O-])c2)CCOC1. The quantitative estimate of drug-likeness (QED) is 0.643. The van der Waals surface area contributed by atoms with E-state index in [1.807, 2.05) is 0 Å². The van der Waals surface area contributed by atoms with Crippen molar-refractivity contribution in [2.75, 3.05) is 26.9 Å². The topological polar surface area (TPSA) is 73.6 Å². The molecule has 1 aliphatic heterocycles. The van der Waals surface area contributed by atoms with E-state index in [2.05, 4.69) is 5.32 Å². The van der Waals surface area contributed by atoms with Crippen molar-refractivity contribution in [2.45, 2.75) is 18.6 Å². The minimum absolute atomic E-state index is 0.0726. The lowest BCUT2D eigenvalue weighted by Crippen LogP contribution is -2.42. The molecule has 0 bridgehead atoms. The van der Waals surface area contributed by atoms with Gasteiger partial charge in [-0.1, -0.05) is 17.7 Å². The second kappa shape index (κ2) is 6.49. The molecule has 1 aromatic rings. The third kappa shape index (κ3) is 3.46. The Labute approximate surface area is 122 Å². The molecular formula is C13H17ClN2O4. The first-order valence-corrected chi connectivity index (χ1v) is 6.70. The maximum atomic E-state index is 10.8. The maximum absolute atomic E-state index is 10.8. The van der Waals surface area contributed by atoms with Crippen molar-refractivity contribution in [3.05, 3.63) is 38.9 Å². The largest absolute Gasteiger partial charge is 0.378 e. The van der Waals surface area contributed by atoms with E-state index in [1.165, 1.54) is 6.07 Å². The summed E-state index contributed by atoms with van der Waals surface area (Å²) in [6.45, 7) is 2.42. The van der Waals surface area contributed by atoms with Crippen LogP contribution in [0.5, 0.6) is 0 Å². The molecule has 1 aliphatic rings. The number of nitro groups is 1. The Morgan fingerprint density at radius 2 is 2.40 bits per heavy atom. The predicted octanol–water partition coefficient (Wildman–Crippen LogP) is 2.14. The average Bonchev–Trinajstić information content (AvgIpc) is 2.90. The zero-order chi connectivity index (χ0) is 14.6. The molecule has 0 aliphatic carbocycles. The third-order valence-electron chi connectivity index (χ3n) is 3.48. The number of rotatable bonds is 6. The van der Waals surface area contributed by atoms with Crippen LogP contribution in [0.3, 0.4) is 0 Å². The van der Waals surface area contributed by atoms with Crippen LogP contribution in [0, 0.1) is 10.1 Å². The van der Waals surface area contributed by atoms with Crippen LogP contribution in [0.25, 0.3) is 0 Å². The van der Waals surface area contributed by atoms with Crippen LogP contribution in [0.15, 0.2) is 18.2 Å². The molecule has 0 radical (unpaired) electrons. The fourth-order valence-corrected chi connectivity index (χ4v) is 2.39. The summed E-state index contributed by atoms with van der Waals surface area (Å²) in [6, 6.07) is 4.80. The number of benzene rings is 1. The number of hydrogen-bond acceptors (Lipinski definition) is 5. The second-order valence-corrected chi connectivity index (χ2v) is 5.24. The molecule has 6 nitrogen and oxygen atoms in total. The molecule has 0 spiro atoms. The van der Waals surface area contributed by atoms with Gasteiger partial charge >= 0.3 is 0 Å². The van der Waals surface area contributed by atoms with Crippen LogP contribution in [-0.4, -0.2) is 37.4 Å². The van der Waals surface area contributed by atoms with Gasteiger partial charge in [0.05, 0.1) is 11.5 Å². The first-order chi connectivity index (χ1) is 9.56. The molecule has 2 rings (SSSR count). The van der Waals surface area contributed by atoms with E-state index in [1.54, 1.807) is 19.2 Å². The summed E-state index contributed by atoms with van der Waals surface area (Å²) in [5, 5.41) is 14.2. The number of ether oxygens (including phenoxy) is 2. The lowest BCUT2D eigenvalue weighted by Gasteiger charge is -2.26. The number of hydrogen-bond donors (Lipinski definition) is 1. The highest BCUT2D eigenvalue weighted by atomic mass is 35.5. The van der Waals surface area contributed by atoms with Gasteiger partial charge in [-0.2, -0.15) is 0 Å². The summed E-state index contributed by atoms with van der Waals surface area (Å²) in [7, 11) is 1.67. The summed E-state index contributed by atoms with van der Waals surface area (Å²) in [4.78, 5) is 10.3. The molecule has 0 amide bonds. The molecule has 1 saturated heterocycles. The lowest BCUT2D eigenvalue weighted by molar-refractivity contribution is -0.384. The Bertz CT molecular complexity index is 489. The third-order valence-corrected chi connectivity index (χ3v) is 3.80. The summed E-state index contributed by atoms with van der Waals surface area (Å²) in [5.74, 6) is 0. The van der Waals surface area contributed by atoms with Gasteiger partial charge in [0, 0.05) is 39.3 Å². The van der Waals surface area contributed by atoms with Crippen LogP contribution < -0.4 is 5.32 Å². The van der Waals surface area contributed by atoms with Crippen molar-refractivity contribution < 1.29 is 14.4 Å². The molecular weight excluding hydrogens is 284 g/mol. The van der Waals surface area contributed by atoms with Gasteiger partial charge in [0.1, 0.15) is 10.6 Å². The summed E-state index contributed by atoms with van der Waals surface area (Å²) in [5.41, 5.74) is 0.445. The molecule has 110 valence electrons. The number of nitrogens with one attached hydrogen (secondary N) is 1. The molecule has 0 saturated carbocycles. The maximum Gasteiger partial charge on any atom is 0.288 e. The van der Waals surface area contributed by atoms with Gasteiger partial charge in [-0.25, -0.2) is 0 Å². The molecule has 20 heavy (non-hydrogen) atoms. The van der Waals surface area contributed by atoms with E-state index in [-0.39, 0.29) is 16.3 Å². The Balaban J connectivity index is 1.94. The van der Waals surface area contributed by atoms with E-state index in [9.17, 15) is 10.1 Å². The number of nitrogens with zero attached hydrogens (tertiary/aromatic N) is 1. The van der Waals surface area contributed by atoms with Crippen LogP contribution in [0.4, 0.5) is 5.69 Å². The van der Waals surface area contributed by atoms with Gasteiger partial charge in [-0.15, -0.1) is 0 Å². The lowest BCUT2D eigenvalue weighted by atomic mass is 10.0. The van der Waals surface area contributed by atoms with Crippen LogP contribution >= 0.6 is 11.6 Å². The van der Waals surface area contributed by atoms with Crippen LogP contribution in [-0.2, 0) is 16.0 Å². The van der Waals surface area contributed by atoms with E-state index in [4.69, 9.17) is 21.1 Å². The highest BCUT2D eigenvalue weighted by Crippen LogP contribution is 2.25. The minimum Gasteiger partial charge on any atom is -0.378 e. The Kier molecular flexibility index (Phi) is 4.93. The fraction of sp³-hybridized carbons (Fsp3) is 0.538. The fourth-order valence-electron chi connectivity index (χ4n) is 2.20. The van der Waals surface area contributed by atoms with Crippen molar-refractivity contribution in [3.8, 4) is 0 Å². The molecule has 1 heterocycles. The average molecular weight is 301 g/mol. The van der Waals surface area contributed by atoms with Gasteiger partial charge in [0.15, 0.2) is 0 Å². The zero-order valence-corrected chi connectivity index (χ0v) is 12.0. The van der Waals surface area contributed by atoms with Crippen molar-refractivity contribution in [1.82, 2.24) is 5.32 Å². The number of methoxy groups -OCH3 is 1. The van der Waals surface area contributed by atoms with Crippen molar-refractivity contribution >= 4 is 17.3 Å². The van der Waals surface area contributed by atoms with Gasteiger partial charge in [0.25, 0.3) is 5.69 Å². The summed E-state index contributed by atoms with van der Waals surface area (Å²) in [6.07, 6.45) is 0.845. The first kappa shape index (κ1) is 15.2. The Morgan fingerprint density at radius 3 is 3.00 bits per heavy atom. The molecule has 1 atom stereocenters. The molecule has 1 unspecified atom stereocenters. The summed E-state index contributed by atoms with van der Waals surface area (Å²) < 4.78 is 10.8. The van der Waals surface area contributed by atoms with Gasteiger partial charge in [0.2, 0.25) is 0 Å². The highest BCUT2D eigenvalue weighted by Gasteiger charge is 2.34. The van der Waals surface area contributed by atoms with E-state index in [0.717, 1.165) is 12.0 Å². The van der Waals surface area contributed by atoms with Gasteiger partial charge in [-0.05, 0) is 11.6 Å². The Morgan fingerprint density at radius 1 is 1.60 bits per heavy atom. The zero-order valence-electron chi connectivity index (χ0n) is 11.2. The monoisotopic (exact) mass is 300 g/mol. The van der Waals surface area contributed by atoms with Gasteiger partial charge in [-0.3, -0.25) is 10.1 Å². The van der Waals surface area contributed by atoms with Crippen molar-refractivity contribution in [1.29, 1.82) is 0 Å². The molecule has 1 fully saturated rings. The van der Waals surface area contributed by atoms with Crippen LogP contribution in [0.2, 0.25) is 5.02 Å². The molecule has 1 aromatic carbocycles. The summed E-state index contributed by atoms with van der Waals surface area (Å²) >= 11 is 5.77. The second-order valence-electron chi connectivity index (χ2n) is 4.84. The van der Waals surface area contributed by atoms with E-state index in [0.29, 0.717) is 26.3 Å². The van der Waals surface area contributed by atoms with Crippen LogP contribution in [0.1, 0.15) is 12.0 Å². The standard InChI is InChI=1S/C13H17ClN2O4/c1-19-13(4-5-20-9-13)8-15-7-10-2-3-11(14)12(6-10)16(17)18/h2-3,6,15H,4-5,7-9H2,1H3. The first-order valence-electron chi connectivity index (χ1n) is 6.33. The number of halogens is 1. The predicted molar refractivity (Wildman–Crippen MR) is 75.0 cm³/mol. The van der Waals surface area contributed by atoms with Crippen molar-refractivity contribution in [3.63, 3.8) is 0 Å². The molecule has 1 N–H and O–H groups in total. The highest BCUT2D eigenvalue weighted by molar-refractivity contribution is 6.32. The Hall–Kier alpha value is -1.21. The molecule has 7 heteroatoms. The van der Waals surface area contributed by atoms with Gasteiger partial charge < -0.3 is 14.8 Å². The minimum atomic E-state index is -0.479. The normalized spacial score (nSPS) is 22.1.